The van der Waals surface area contributed by atoms with E-state index < -0.39 is 0 Å². The molecule has 0 radical (unpaired) electrons. The number of allylic oxidation sites excluding steroid dienone is 1. The second-order valence-corrected chi connectivity index (χ2v) is 6.81. The monoisotopic (exact) mass is 312 g/mol. The zero-order chi connectivity index (χ0) is 16.3. The minimum atomic E-state index is 0.712. The van der Waals surface area contributed by atoms with Gasteiger partial charge in [0.05, 0.1) is 13.2 Å². The molecule has 1 nitrogen and oxygen atoms in total. The van der Waals surface area contributed by atoms with E-state index >= 15 is 0 Å². The van der Waals surface area contributed by atoms with Crippen molar-refractivity contribution in [1.29, 1.82) is 0 Å². The van der Waals surface area contributed by atoms with Gasteiger partial charge in [0.25, 0.3) is 0 Å². The van der Waals surface area contributed by atoms with Crippen LogP contribution in [-0.4, -0.2) is 6.61 Å². The van der Waals surface area contributed by atoms with Crippen molar-refractivity contribution in [2.24, 2.45) is 5.92 Å². The van der Waals surface area contributed by atoms with E-state index in [2.05, 4.69) is 37.4 Å². The average molecular weight is 312 g/mol. The van der Waals surface area contributed by atoms with Crippen LogP contribution in [0.25, 0.3) is 0 Å². The van der Waals surface area contributed by atoms with Gasteiger partial charge in [0.15, 0.2) is 0 Å². The third-order valence-electron chi connectivity index (χ3n) is 5.05. The summed E-state index contributed by atoms with van der Waals surface area (Å²) in [6.07, 6.45) is 14.3. The maximum Gasteiger partial charge on any atom is 0.0717 e. The predicted octanol–water partition coefficient (Wildman–Crippen LogP) is 6.41. The first kappa shape index (κ1) is 18.0. The summed E-state index contributed by atoms with van der Waals surface area (Å²) in [5.41, 5.74) is 2.79. The van der Waals surface area contributed by atoms with Gasteiger partial charge in [-0.1, -0.05) is 42.8 Å². The third kappa shape index (κ3) is 6.35. The zero-order valence-electron chi connectivity index (χ0n) is 14.5. The fraction of sp³-hybridized carbons (Fsp3) is 0.545. The Bertz CT molecular complexity index is 451. The van der Waals surface area contributed by atoms with Gasteiger partial charge in [-0.25, -0.2) is 0 Å². The van der Waals surface area contributed by atoms with Crippen LogP contribution >= 0.6 is 0 Å². The SMILES string of the molecule is C=CCCC[C@H]1CC[C@H](c2ccc(COCCC=C)cc2)CC1. The quantitative estimate of drug-likeness (QED) is 0.358. The molecule has 0 saturated heterocycles. The van der Waals surface area contributed by atoms with Gasteiger partial charge in [0.2, 0.25) is 0 Å². The van der Waals surface area contributed by atoms with Gasteiger partial charge in [0.1, 0.15) is 0 Å². The van der Waals surface area contributed by atoms with Gasteiger partial charge >= 0.3 is 0 Å². The molecule has 1 aliphatic rings. The molecule has 0 aromatic heterocycles. The van der Waals surface area contributed by atoms with E-state index in [-0.39, 0.29) is 0 Å². The van der Waals surface area contributed by atoms with Crippen LogP contribution in [0.5, 0.6) is 0 Å². The highest BCUT2D eigenvalue weighted by Crippen LogP contribution is 2.37. The summed E-state index contributed by atoms with van der Waals surface area (Å²) in [4.78, 5) is 0. The van der Waals surface area contributed by atoms with E-state index in [0.717, 1.165) is 24.9 Å². The predicted molar refractivity (Wildman–Crippen MR) is 99.7 cm³/mol. The van der Waals surface area contributed by atoms with E-state index in [1.807, 2.05) is 12.2 Å². The van der Waals surface area contributed by atoms with Crippen LogP contribution < -0.4 is 0 Å². The van der Waals surface area contributed by atoms with Crippen molar-refractivity contribution in [2.45, 2.75) is 63.9 Å². The maximum absolute atomic E-state index is 5.63. The number of hydrogen-bond donors (Lipinski definition) is 0. The lowest BCUT2D eigenvalue weighted by molar-refractivity contribution is 0.125. The summed E-state index contributed by atoms with van der Waals surface area (Å²) in [5, 5.41) is 0. The van der Waals surface area contributed by atoms with Gasteiger partial charge in [-0.3, -0.25) is 0 Å². The summed E-state index contributed by atoms with van der Waals surface area (Å²) < 4.78 is 5.63. The Labute approximate surface area is 142 Å². The van der Waals surface area contributed by atoms with Crippen LogP contribution in [0.1, 0.15) is 68.4 Å². The molecule has 1 heteroatoms. The van der Waals surface area contributed by atoms with Crippen molar-refractivity contribution in [3.05, 3.63) is 60.7 Å². The highest BCUT2D eigenvalue weighted by atomic mass is 16.5. The first-order valence-corrected chi connectivity index (χ1v) is 9.22. The summed E-state index contributed by atoms with van der Waals surface area (Å²) in [5.74, 6) is 1.71. The minimum absolute atomic E-state index is 0.712. The maximum atomic E-state index is 5.63. The van der Waals surface area contributed by atoms with Gasteiger partial charge in [-0.15, -0.1) is 13.2 Å². The molecule has 0 atom stereocenters. The van der Waals surface area contributed by atoms with E-state index in [1.165, 1.54) is 56.1 Å². The highest BCUT2D eigenvalue weighted by Gasteiger charge is 2.21. The Morgan fingerprint density at radius 1 is 0.957 bits per heavy atom. The smallest absolute Gasteiger partial charge is 0.0717 e. The zero-order valence-corrected chi connectivity index (χ0v) is 14.5. The van der Waals surface area contributed by atoms with Crippen LogP contribution in [0, 0.1) is 5.92 Å². The summed E-state index contributed by atoms with van der Waals surface area (Å²) >= 11 is 0. The molecular formula is C22H32O. The minimum Gasteiger partial charge on any atom is -0.376 e. The van der Waals surface area contributed by atoms with Gasteiger partial charge < -0.3 is 4.74 Å². The molecule has 23 heavy (non-hydrogen) atoms. The van der Waals surface area contributed by atoms with Crippen LogP contribution in [0.3, 0.4) is 0 Å². The van der Waals surface area contributed by atoms with Crippen molar-refractivity contribution < 1.29 is 4.74 Å². The van der Waals surface area contributed by atoms with Crippen LogP contribution in [0.4, 0.5) is 0 Å². The summed E-state index contributed by atoms with van der Waals surface area (Å²) in [6.45, 7) is 9.00. The molecule has 0 bridgehead atoms. The lowest BCUT2D eigenvalue weighted by Crippen LogP contribution is -2.13. The lowest BCUT2D eigenvalue weighted by atomic mass is 9.77. The van der Waals surface area contributed by atoms with E-state index in [4.69, 9.17) is 4.74 Å². The molecule has 126 valence electrons. The molecule has 0 N–H and O–H groups in total. The Hall–Kier alpha value is -1.34. The first-order chi connectivity index (χ1) is 11.3. The summed E-state index contributed by atoms with van der Waals surface area (Å²) in [7, 11) is 0. The second-order valence-electron chi connectivity index (χ2n) is 6.81. The normalized spacial score (nSPS) is 21.0. The highest BCUT2D eigenvalue weighted by molar-refractivity contribution is 5.25. The number of rotatable bonds is 10. The van der Waals surface area contributed by atoms with Gasteiger partial charge in [0, 0.05) is 0 Å². The molecule has 0 aliphatic heterocycles. The summed E-state index contributed by atoms with van der Waals surface area (Å²) in [6, 6.07) is 9.10. The van der Waals surface area contributed by atoms with Crippen molar-refractivity contribution in [3.63, 3.8) is 0 Å². The Morgan fingerprint density at radius 3 is 2.30 bits per heavy atom. The van der Waals surface area contributed by atoms with Crippen LogP contribution in [0.15, 0.2) is 49.6 Å². The van der Waals surface area contributed by atoms with E-state index in [1.54, 1.807) is 0 Å². The third-order valence-corrected chi connectivity index (χ3v) is 5.05. The van der Waals surface area contributed by atoms with Crippen LogP contribution in [-0.2, 0) is 11.3 Å². The Morgan fingerprint density at radius 2 is 1.65 bits per heavy atom. The molecule has 0 heterocycles. The second kappa shape index (κ2) is 10.4. The topological polar surface area (TPSA) is 9.23 Å². The fourth-order valence-corrected chi connectivity index (χ4v) is 3.58. The Balaban J connectivity index is 1.73. The van der Waals surface area contributed by atoms with E-state index in [9.17, 15) is 0 Å². The molecule has 0 spiro atoms. The number of ether oxygens (including phenoxy) is 1. The van der Waals surface area contributed by atoms with Crippen molar-refractivity contribution >= 4 is 0 Å². The standard InChI is InChI=1S/C22H32O/c1-3-5-7-8-19-9-13-21(14-10-19)22-15-11-20(12-16-22)18-23-17-6-4-2/h3-4,11-12,15-16,19,21H,1-2,5-10,13-14,17-18H2/t19-,21-. The molecule has 1 aromatic carbocycles. The van der Waals surface area contributed by atoms with Crippen molar-refractivity contribution in [2.75, 3.05) is 6.61 Å². The first-order valence-electron chi connectivity index (χ1n) is 9.22. The molecule has 2 rings (SSSR count). The molecule has 0 amide bonds. The molecule has 1 aliphatic carbocycles. The molecule has 1 fully saturated rings. The van der Waals surface area contributed by atoms with Crippen molar-refractivity contribution in [3.8, 4) is 0 Å². The molecule has 1 saturated carbocycles. The number of benzene rings is 1. The molecular weight excluding hydrogens is 280 g/mol. The number of hydrogen-bond acceptors (Lipinski definition) is 1. The van der Waals surface area contributed by atoms with E-state index in [0.29, 0.717) is 6.61 Å². The Kier molecular flexibility index (Phi) is 8.17. The average Bonchev–Trinajstić information content (AvgIpc) is 2.60. The van der Waals surface area contributed by atoms with Crippen LogP contribution in [0.2, 0.25) is 0 Å². The van der Waals surface area contributed by atoms with Gasteiger partial charge in [-0.05, 0) is 67.9 Å². The lowest BCUT2D eigenvalue weighted by Gasteiger charge is -2.29. The van der Waals surface area contributed by atoms with Crippen molar-refractivity contribution in [1.82, 2.24) is 0 Å². The number of unbranched alkanes of at least 4 members (excludes halogenated alkanes) is 1. The fourth-order valence-electron chi connectivity index (χ4n) is 3.58. The van der Waals surface area contributed by atoms with Gasteiger partial charge in [-0.2, -0.15) is 0 Å². The molecule has 0 unspecified atom stereocenters. The largest absolute Gasteiger partial charge is 0.376 e. The molecule has 1 aromatic rings.